The summed E-state index contributed by atoms with van der Waals surface area (Å²) in [6.07, 6.45) is 1.22. The summed E-state index contributed by atoms with van der Waals surface area (Å²) in [5.41, 5.74) is 1.41. The van der Waals surface area contributed by atoms with E-state index in [2.05, 4.69) is 58.3 Å². The van der Waals surface area contributed by atoms with Crippen LogP contribution < -0.4 is 5.32 Å². The summed E-state index contributed by atoms with van der Waals surface area (Å²) in [6, 6.07) is 2.24. The fraction of sp³-hybridized carbons (Fsp3) is 0.600. The molecule has 1 aromatic rings. The van der Waals surface area contributed by atoms with Gasteiger partial charge in [0.25, 0.3) is 0 Å². The molecular weight excluding hydrogens is 307 g/mol. The van der Waals surface area contributed by atoms with Gasteiger partial charge in [-0.3, -0.25) is 0 Å². The largest absolute Gasteiger partial charge is 0.313 e. The molecular formula is C10H17IN2S. The van der Waals surface area contributed by atoms with Gasteiger partial charge in [-0.15, -0.1) is 11.3 Å². The molecule has 0 aliphatic rings. The van der Waals surface area contributed by atoms with Crippen molar-refractivity contribution in [2.45, 2.75) is 13.0 Å². The van der Waals surface area contributed by atoms with Crippen molar-refractivity contribution in [2.24, 2.45) is 0 Å². The first kappa shape index (κ1) is 12.4. The van der Waals surface area contributed by atoms with E-state index >= 15 is 0 Å². The minimum Gasteiger partial charge on any atom is -0.313 e. The van der Waals surface area contributed by atoms with E-state index in [9.17, 15) is 0 Å². The molecule has 0 unspecified atom stereocenters. The van der Waals surface area contributed by atoms with Gasteiger partial charge in [-0.2, -0.15) is 0 Å². The monoisotopic (exact) mass is 324 g/mol. The Balaban J connectivity index is 2.04. The molecule has 0 radical (unpaired) electrons. The first-order chi connectivity index (χ1) is 6.68. The Labute approximate surface area is 104 Å². The molecule has 0 atom stereocenters. The molecule has 0 aromatic carbocycles. The summed E-state index contributed by atoms with van der Waals surface area (Å²) in [7, 11) is 4.22. The smallest absolute Gasteiger partial charge is 0.0656 e. The zero-order valence-corrected chi connectivity index (χ0v) is 11.7. The molecule has 4 heteroatoms. The van der Waals surface area contributed by atoms with Crippen LogP contribution in [-0.4, -0.2) is 32.1 Å². The van der Waals surface area contributed by atoms with Crippen molar-refractivity contribution >= 4 is 33.9 Å². The van der Waals surface area contributed by atoms with Gasteiger partial charge in [0.05, 0.1) is 2.88 Å². The summed E-state index contributed by atoms with van der Waals surface area (Å²) in [4.78, 5) is 2.22. The first-order valence-corrected chi connectivity index (χ1v) is 6.72. The van der Waals surface area contributed by atoms with Crippen molar-refractivity contribution in [1.82, 2.24) is 10.2 Å². The molecule has 0 aliphatic heterocycles. The first-order valence-electron chi connectivity index (χ1n) is 4.77. The number of thiophene rings is 1. The average Bonchev–Trinajstić information content (AvgIpc) is 2.50. The molecule has 0 fully saturated rings. The van der Waals surface area contributed by atoms with Gasteiger partial charge in [0.1, 0.15) is 0 Å². The van der Waals surface area contributed by atoms with Gasteiger partial charge >= 0.3 is 0 Å². The molecule has 0 amide bonds. The summed E-state index contributed by atoms with van der Waals surface area (Å²) < 4.78 is 1.37. The lowest BCUT2D eigenvalue weighted by molar-refractivity contribution is 0.394. The van der Waals surface area contributed by atoms with Crippen LogP contribution >= 0.6 is 33.9 Å². The van der Waals surface area contributed by atoms with Crippen molar-refractivity contribution in [3.8, 4) is 0 Å². The lowest BCUT2D eigenvalue weighted by atomic mass is 10.3. The van der Waals surface area contributed by atoms with Crippen LogP contribution in [0.2, 0.25) is 0 Å². The molecule has 0 saturated carbocycles. The predicted octanol–water partition coefficient (Wildman–Crippen LogP) is 2.39. The van der Waals surface area contributed by atoms with Gasteiger partial charge in [0.15, 0.2) is 0 Å². The van der Waals surface area contributed by atoms with Crippen molar-refractivity contribution in [2.75, 3.05) is 27.2 Å². The molecule has 1 aromatic heterocycles. The van der Waals surface area contributed by atoms with Crippen LogP contribution in [0.3, 0.4) is 0 Å². The van der Waals surface area contributed by atoms with Crippen molar-refractivity contribution in [3.63, 3.8) is 0 Å². The van der Waals surface area contributed by atoms with E-state index in [1.165, 1.54) is 14.9 Å². The number of hydrogen-bond donors (Lipinski definition) is 1. The van der Waals surface area contributed by atoms with Gasteiger partial charge in [0, 0.05) is 6.54 Å². The second-order valence-electron chi connectivity index (χ2n) is 3.59. The average molecular weight is 324 g/mol. The van der Waals surface area contributed by atoms with Gasteiger partial charge in [-0.05, 0) is 73.2 Å². The Hall–Kier alpha value is 0.350. The van der Waals surface area contributed by atoms with Gasteiger partial charge < -0.3 is 10.2 Å². The minimum atomic E-state index is 1.01. The minimum absolute atomic E-state index is 1.01. The van der Waals surface area contributed by atoms with Crippen LogP contribution in [0.15, 0.2) is 11.4 Å². The third-order valence-corrected chi connectivity index (χ3v) is 3.75. The Morgan fingerprint density at radius 3 is 2.86 bits per heavy atom. The van der Waals surface area contributed by atoms with Crippen LogP contribution in [0.5, 0.6) is 0 Å². The van der Waals surface area contributed by atoms with E-state index < -0.39 is 0 Å². The maximum Gasteiger partial charge on any atom is 0.0656 e. The number of hydrogen-bond acceptors (Lipinski definition) is 3. The second kappa shape index (κ2) is 6.76. The topological polar surface area (TPSA) is 15.3 Å². The molecule has 0 saturated heterocycles. The van der Waals surface area contributed by atoms with E-state index in [-0.39, 0.29) is 0 Å². The second-order valence-corrected chi connectivity index (χ2v) is 6.40. The van der Waals surface area contributed by atoms with Gasteiger partial charge in [-0.1, -0.05) is 0 Å². The highest BCUT2D eigenvalue weighted by Gasteiger charge is 1.96. The Bertz CT molecular complexity index is 260. The van der Waals surface area contributed by atoms with Crippen LogP contribution in [-0.2, 0) is 6.54 Å². The summed E-state index contributed by atoms with van der Waals surface area (Å²) in [6.45, 7) is 3.27. The van der Waals surface area contributed by atoms with Crippen LogP contribution in [0.4, 0.5) is 0 Å². The van der Waals surface area contributed by atoms with E-state index in [0.29, 0.717) is 0 Å². The SMILES string of the molecule is CN(C)CCCNCc1csc(I)c1. The fourth-order valence-electron chi connectivity index (χ4n) is 1.19. The highest BCUT2D eigenvalue weighted by molar-refractivity contribution is 14.1. The lowest BCUT2D eigenvalue weighted by Crippen LogP contribution is -2.20. The summed E-state index contributed by atoms with van der Waals surface area (Å²) >= 11 is 4.17. The molecule has 14 heavy (non-hydrogen) atoms. The molecule has 1 rings (SSSR count). The molecule has 0 aliphatic carbocycles. The lowest BCUT2D eigenvalue weighted by Gasteiger charge is -2.09. The zero-order chi connectivity index (χ0) is 10.4. The summed E-state index contributed by atoms with van der Waals surface area (Å²) in [5, 5.41) is 5.67. The van der Waals surface area contributed by atoms with E-state index in [1.807, 2.05) is 11.3 Å². The number of nitrogens with zero attached hydrogens (tertiary/aromatic N) is 1. The van der Waals surface area contributed by atoms with Crippen molar-refractivity contribution < 1.29 is 0 Å². The molecule has 0 spiro atoms. The molecule has 0 bridgehead atoms. The van der Waals surface area contributed by atoms with Crippen LogP contribution in [0, 0.1) is 2.88 Å². The normalized spacial score (nSPS) is 11.1. The third kappa shape index (κ3) is 5.29. The highest BCUT2D eigenvalue weighted by Crippen LogP contribution is 2.16. The maximum atomic E-state index is 3.45. The third-order valence-electron chi connectivity index (χ3n) is 1.91. The Kier molecular flexibility index (Phi) is 6.00. The van der Waals surface area contributed by atoms with Crippen LogP contribution in [0.1, 0.15) is 12.0 Å². The number of rotatable bonds is 6. The van der Waals surface area contributed by atoms with E-state index in [0.717, 1.165) is 19.6 Å². The summed E-state index contributed by atoms with van der Waals surface area (Å²) in [5.74, 6) is 0. The Morgan fingerprint density at radius 2 is 2.29 bits per heavy atom. The number of nitrogens with one attached hydrogen (secondary N) is 1. The van der Waals surface area contributed by atoms with E-state index in [4.69, 9.17) is 0 Å². The molecule has 1 heterocycles. The van der Waals surface area contributed by atoms with Crippen molar-refractivity contribution in [1.29, 1.82) is 0 Å². The molecule has 1 N–H and O–H groups in total. The quantitative estimate of drug-likeness (QED) is 0.639. The molecule has 2 nitrogen and oxygen atoms in total. The van der Waals surface area contributed by atoms with Gasteiger partial charge in [-0.25, -0.2) is 0 Å². The number of halogens is 1. The maximum absolute atomic E-state index is 3.45. The standard InChI is InChI=1S/C10H17IN2S/c1-13(2)5-3-4-12-7-9-6-10(11)14-8-9/h6,8,12H,3-5,7H2,1-2H3. The highest BCUT2D eigenvalue weighted by atomic mass is 127. The van der Waals surface area contributed by atoms with Crippen LogP contribution in [0.25, 0.3) is 0 Å². The predicted molar refractivity (Wildman–Crippen MR) is 71.9 cm³/mol. The van der Waals surface area contributed by atoms with E-state index in [1.54, 1.807) is 0 Å². The zero-order valence-electron chi connectivity index (χ0n) is 8.72. The molecule has 80 valence electrons. The van der Waals surface area contributed by atoms with Gasteiger partial charge in [0.2, 0.25) is 0 Å². The fourth-order valence-corrected chi connectivity index (χ4v) is 2.61. The van der Waals surface area contributed by atoms with Crippen molar-refractivity contribution in [3.05, 3.63) is 19.9 Å². The Morgan fingerprint density at radius 1 is 1.50 bits per heavy atom.